The molecular weight excluding hydrogens is 316 g/mol. The lowest BCUT2D eigenvalue weighted by atomic mass is 10.1. The third-order valence-corrected chi connectivity index (χ3v) is 4.23. The number of halogens is 3. The molecule has 1 atom stereocenters. The largest absolute Gasteiger partial charge is 0.433 e. The van der Waals surface area contributed by atoms with Crippen LogP contribution in [0.4, 0.5) is 13.6 Å². The molecule has 0 radical (unpaired) electrons. The Morgan fingerprint density at radius 1 is 1.41 bits per heavy atom. The van der Waals surface area contributed by atoms with E-state index in [0.717, 1.165) is 18.7 Å². The number of hydrogen-bond acceptors (Lipinski definition) is 3. The molecule has 0 spiro atoms. The average Bonchev–Trinajstić information content (AvgIpc) is 2.83. The first-order valence-electron chi connectivity index (χ1n) is 7.03. The number of amides is 2. The van der Waals surface area contributed by atoms with E-state index < -0.39 is 6.61 Å². The Morgan fingerprint density at radius 3 is 2.95 bits per heavy atom. The summed E-state index contributed by atoms with van der Waals surface area (Å²) < 4.78 is 28.7. The van der Waals surface area contributed by atoms with E-state index in [2.05, 4.69) is 15.0 Å². The number of urea groups is 1. The fraction of sp³-hybridized carbons (Fsp3) is 0.500. The Balaban J connectivity index is 1.62. The number of carbonyl (C=O) groups excluding carboxylic acids is 1. The first kappa shape index (κ1) is 15.3. The second-order valence-corrected chi connectivity index (χ2v) is 5.82. The summed E-state index contributed by atoms with van der Waals surface area (Å²) in [7, 11) is 0. The van der Waals surface area contributed by atoms with Gasteiger partial charge in [0, 0.05) is 32.7 Å². The van der Waals surface area contributed by atoms with Gasteiger partial charge in [0.2, 0.25) is 0 Å². The maximum atomic E-state index is 12.2. The highest BCUT2D eigenvalue weighted by atomic mass is 35.5. The average molecular weight is 332 g/mol. The molecule has 5 nitrogen and oxygen atoms in total. The van der Waals surface area contributed by atoms with Crippen molar-refractivity contribution in [3.8, 4) is 5.75 Å². The van der Waals surface area contributed by atoms with Crippen LogP contribution in [0.25, 0.3) is 0 Å². The topological polar surface area (TPSA) is 44.8 Å². The molecule has 2 amide bonds. The van der Waals surface area contributed by atoms with Gasteiger partial charge in [-0.25, -0.2) is 4.79 Å². The van der Waals surface area contributed by atoms with E-state index in [0.29, 0.717) is 19.6 Å². The minimum Gasteiger partial charge on any atom is -0.433 e. The van der Waals surface area contributed by atoms with E-state index in [1.807, 2.05) is 4.90 Å². The zero-order chi connectivity index (χ0) is 15.7. The molecule has 0 unspecified atom stereocenters. The lowest BCUT2D eigenvalue weighted by Crippen LogP contribution is -2.51. The van der Waals surface area contributed by atoms with Crippen LogP contribution in [0.1, 0.15) is 5.56 Å². The molecule has 8 heteroatoms. The quantitative estimate of drug-likeness (QED) is 0.919. The van der Waals surface area contributed by atoms with Crippen LogP contribution in [-0.2, 0) is 6.54 Å². The van der Waals surface area contributed by atoms with E-state index in [-0.39, 0.29) is 22.8 Å². The van der Waals surface area contributed by atoms with Crippen molar-refractivity contribution in [2.75, 3.05) is 26.2 Å². The number of piperazine rings is 1. The van der Waals surface area contributed by atoms with Gasteiger partial charge in [-0.15, -0.1) is 0 Å². The van der Waals surface area contributed by atoms with Crippen LogP contribution in [0.3, 0.4) is 0 Å². The highest BCUT2D eigenvalue weighted by Gasteiger charge is 2.35. The Hall–Kier alpha value is -1.60. The first-order valence-corrected chi connectivity index (χ1v) is 7.41. The fourth-order valence-electron chi connectivity index (χ4n) is 2.90. The maximum Gasteiger partial charge on any atom is 0.387 e. The minimum absolute atomic E-state index is 0.00111. The number of nitrogens with zero attached hydrogens (tertiary/aromatic N) is 2. The van der Waals surface area contributed by atoms with Crippen LogP contribution in [0, 0.1) is 0 Å². The van der Waals surface area contributed by atoms with Crippen molar-refractivity contribution in [1.82, 2.24) is 15.1 Å². The molecule has 3 rings (SSSR count). The molecule has 0 bridgehead atoms. The van der Waals surface area contributed by atoms with Gasteiger partial charge in [-0.1, -0.05) is 17.7 Å². The summed E-state index contributed by atoms with van der Waals surface area (Å²) in [6, 6.07) is 5.03. The van der Waals surface area contributed by atoms with Crippen molar-refractivity contribution in [3.05, 3.63) is 28.8 Å². The predicted molar refractivity (Wildman–Crippen MR) is 77.3 cm³/mol. The van der Waals surface area contributed by atoms with E-state index in [1.54, 1.807) is 12.1 Å². The number of carbonyl (C=O) groups is 1. The third kappa shape index (κ3) is 3.25. The Bertz CT molecular complexity index is 573. The van der Waals surface area contributed by atoms with Crippen LogP contribution in [0.2, 0.25) is 5.02 Å². The molecule has 2 aliphatic rings. The normalized spacial score (nSPS) is 21.9. The van der Waals surface area contributed by atoms with Crippen molar-refractivity contribution < 1.29 is 18.3 Å². The highest BCUT2D eigenvalue weighted by Crippen LogP contribution is 2.28. The summed E-state index contributed by atoms with van der Waals surface area (Å²) in [5.74, 6) is -0.0178. The van der Waals surface area contributed by atoms with Gasteiger partial charge in [0.15, 0.2) is 0 Å². The van der Waals surface area contributed by atoms with E-state index in [9.17, 15) is 13.6 Å². The van der Waals surface area contributed by atoms with Crippen molar-refractivity contribution in [2.45, 2.75) is 19.2 Å². The molecule has 2 aliphatic heterocycles. The Kier molecular flexibility index (Phi) is 4.35. The monoisotopic (exact) mass is 331 g/mol. The van der Waals surface area contributed by atoms with Gasteiger partial charge in [0.05, 0.1) is 11.1 Å². The van der Waals surface area contributed by atoms with E-state index in [1.165, 1.54) is 6.07 Å². The molecule has 120 valence electrons. The lowest BCUT2D eigenvalue weighted by Gasteiger charge is -2.36. The van der Waals surface area contributed by atoms with Gasteiger partial charge in [-0.2, -0.15) is 8.78 Å². The third-order valence-electron chi connectivity index (χ3n) is 3.94. The van der Waals surface area contributed by atoms with Crippen LogP contribution in [-0.4, -0.2) is 54.7 Å². The van der Waals surface area contributed by atoms with Crippen molar-refractivity contribution in [2.24, 2.45) is 0 Å². The molecule has 2 fully saturated rings. The van der Waals surface area contributed by atoms with Crippen LogP contribution in [0.5, 0.6) is 5.75 Å². The maximum absolute atomic E-state index is 12.2. The van der Waals surface area contributed by atoms with Crippen LogP contribution in [0.15, 0.2) is 18.2 Å². The zero-order valence-corrected chi connectivity index (χ0v) is 12.5. The van der Waals surface area contributed by atoms with E-state index in [4.69, 9.17) is 11.6 Å². The standard InChI is InChI=1S/C14H16ClF2N3O2/c15-11-5-9(1-2-12(11)22-13(16)17)7-19-3-4-20-10(8-19)6-18-14(20)21/h1-2,5,10,13H,3-4,6-8H2,(H,18,21)/t10-/m0/s1. The Morgan fingerprint density at radius 2 is 2.23 bits per heavy atom. The second kappa shape index (κ2) is 6.26. The van der Waals surface area contributed by atoms with Gasteiger partial charge in [-0.3, -0.25) is 4.90 Å². The summed E-state index contributed by atoms with van der Waals surface area (Å²) in [4.78, 5) is 15.6. The van der Waals surface area contributed by atoms with Gasteiger partial charge in [0.25, 0.3) is 0 Å². The summed E-state index contributed by atoms with van der Waals surface area (Å²) in [6.07, 6.45) is 0. The summed E-state index contributed by atoms with van der Waals surface area (Å²) in [5.41, 5.74) is 0.928. The van der Waals surface area contributed by atoms with Gasteiger partial charge >= 0.3 is 12.6 Å². The molecule has 2 saturated heterocycles. The smallest absolute Gasteiger partial charge is 0.387 e. The molecule has 0 saturated carbocycles. The number of rotatable bonds is 4. The number of fused-ring (bicyclic) bond motifs is 1. The number of benzene rings is 1. The number of hydrogen-bond donors (Lipinski definition) is 1. The summed E-state index contributed by atoms with van der Waals surface area (Å²) >= 11 is 5.96. The number of ether oxygens (including phenoxy) is 1. The van der Waals surface area contributed by atoms with Gasteiger partial charge in [-0.05, 0) is 17.7 Å². The molecular formula is C14H16ClF2N3O2. The zero-order valence-electron chi connectivity index (χ0n) is 11.8. The molecule has 22 heavy (non-hydrogen) atoms. The predicted octanol–water partition coefficient (Wildman–Crippen LogP) is 2.15. The first-order chi connectivity index (χ1) is 10.5. The van der Waals surface area contributed by atoms with Crippen molar-refractivity contribution in [3.63, 3.8) is 0 Å². The molecule has 2 heterocycles. The summed E-state index contributed by atoms with van der Waals surface area (Å²) in [5, 5.41) is 3.01. The van der Waals surface area contributed by atoms with Gasteiger partial charge < -0.3 is 15.0 Å². The van der Waals surface area contributed by atoms with Crippen LogP contribution >= 0.6 is 11.6 Å². The van der Waals surface area contributed by atoms with Crippen molar-refractivity contribution >= 4 is 17.6 Å². The number of alkyl halides is 2. The summed E-state index contributed by atoms with van der Waals surface area (Å²) in [6.45, 7) is 0.688. The fourth-order valence-corrected chi connectivity index (χ4v) is 3.15. The SMILES string of the molecule is O=C1NC[C@H]2CN(Cc3ccc(OC(F)F)c(Cl)c3)CCN12. The molecule has 1 N–H and O–H groups in total. The highest BCUT2D eigenvalue weighted by molar-refractivity contribution is 6.32. The molecule has 1 aromatic rings. The number of nitrogens with one attached hydrogen (secondary N) is 1. The van der Waals surface area contributed by atoms with Crippen molar-refractivity contribution in [1.29, 1.82) is 0 Å². The second-order valence-electron chi connectivity index (χ2n) is 5.41. The van der Waals surface area contributed by atoms with Gasteiger partial charge in [0.1, 0.15) is 5.75 Å². The molecule has 1 aromatic carbocycles. The molecule has 0 aromatic heterocycles. The lowest BCUT2D eigenvalue weighted by molar-refractivity contribution is -0.0498. The minimum atomic E-state index is -2.89. The van der Waals surface area contributed by atoms with E-state index >= 15 is 0 Å². The Labute approximate surface area is 131 Å². The molecule has 0 aliphatic carbocycles. The van der Waals surface area contributed by atoms with Crippen LogP contribution < -0.4 is 10.1 Å².